The van der Waals surface area contributed by atoms with Crippen LogP contribution in [-0.2, 0) is 0 Å². The molecule has 28 heavy (non-hydrogen) atoms. The fourth-order valence-electron chi connectivity index (χ4n) is 3.74. The Kier molecular flexibility index (Phi) is 6.61. The highest BCUT2D eigenvalue weighted by molar-refractivity contribution is 5.51. The molecule has 0 heterocycles. The average molecular weight is 386 g/mol. The van der Waals surface area contributed by atoms with Gasteiger partial charge in [-0.3, -0.25) is 0 Å². The molecule has 0 saturated heterocycles. The Labute approximate surface area is 164 Å². The van der Waals surface area contributed by atoms with Crippen LogP contribution in [0.3, 0.4) is 0 Å². The van der Waals surface area contributed by atoms with E-state index in [1.165, 1.54) is 6.07 Å². The summed E-state index contributed by atoms with van der Waals surface area (Å²) in [5.74, 6) is -0.861. The van der Waals surface area contributed by atoms with Crippen molar-refractivity contribution in [1.82, 2.24) is 0 Å². The fourth-order valence-corrected chi connectivity index (χ4v) is 3.74. The molecule has 0 unspecified atom stereocenters. The molecule has 1 aliphatic carbocycles. The van der Waals surface area contributed by atoms with Crippen molar-refractivity contribution in [2.45, 2.75) is 38.5 Å². The van der Waals surface area contributed by atoms with Crippen molar-refractivity contribution in [2.75, 3.05) is 6.61 Å². The van der Waals surface area contributed by atoms with Gasteiger partial charge in [-0.25, -0.2) is 13.2 Å². The van der Waals surface area contributed by atoms with Crippen LogP contribution in [0.4, 0.5) is 13.2 Å². The first-order chi connectivity index (χ1) is 13.5. The highest BCUT2D eigenvalue weighted by Crippen LogP contribution is 2.38. The highest BCUT2D eigenvalue weighted by atomic mass is 19.2. The Morgan fingerprint density at radius 3 is 2.46 bits per heavy atom. The lowest BCUT2D eigenvalue weighted by atomic mass is 9.78. The van der Waals surface area contributed by atoms with E-state index in [4.69, 9.17) is 4.74 Å². The number of hydrogen-bond donors (Lipinski definition) is 0. The molecular formula is C24H25F3O. The van der Waals surface area contributed by atoms with Gasteiger partial charge in [-0.05, 0) is 61.6 Å². The van der Waals surface area contributed by atoms with Crippen LogP contribution in [0.1, 0.15) is 48.3 Å². The minimum Gasteiger partial charge on any atom is -0.489 e. The van der Waals surface area contributed by atoms with Crippen molar-refractivity contribution < 1.29 is 17.9 Å². The summed E-state index contributed by atoms with van der Waals surface area (Å²) in [7, 11) is 0. The monoisotopic (exact) mass is 386 g/mol. The molecule has 0 amide bonds. The number of ether oxygens (including phenoxy) is 1. The fraction of sp³-hybridized carbons (Fsp3) is 0.333. The van der Waals surface area contributed by atoms with Crippen LogP contribution in [0, 0.1) is 30.3 Å². The second-order valence-electron chi connectivity index (χ2n) is 7.35. The van der Waals surface area contributed by atoms with E-state index in [1.807, 2.05) is 6.08 Å². The van der Waals surface area contributed by atoms with E-state index < -0.39 is 11.6 Å². The third-order valence-electron chi connectivity index (χ3n) is 5.40. The second-order valence-corrected chi connectivity index (χ2v) is 7.35. The Morgan fingerprint density at radius 1 is 1.04 bits per heavy atom. The van der Waals surface area contributed by atoms with Gasteiger partial charge in [-0.15, -0.1) is 0 Å². The normalized spacial score (nSPS) is 19.7. The standard InChI is InChI=1S/C24H25F3O/c1-3-14-28-20-12-13-21(22(25)15-20)18-9-5-17(6-10-18)7-11-19-8-4-16(2)23(26)24(19)27/h3-4,7-8,11-13,15,17-18H,1,5-6,9-10,14H2,2H3/b11-7+. The first-order valence-electron chi connectivity index (χ1n) is 9.65. The SMILES string of the molecule is C=CCOc1ccc(C2CCC(/C=C/c3ccc(C)c(F)c3F)CC2)c(F)c1. The van der Waals surface area contributed by atoms with Gasteiger partial charge < -0.3 is 4.74 Å². The van der Waals surface area contributed by atoms with Crippen LogP contribution in [0.2, 0.25) is 0 Å². The van der Waals surface area contributed by atoms with Crippen LogP contribution in [0.25, 0.3) is 6.08 Å². The van der Waals surface area contributed by atoms with E-state index in [-0.39, 0.29) is 17.3 Å². The zero-order valence-corrected chi connectivity index (χ0v) is 16.1. The predicted molar refractivity (Wildman–Crippen MR) is 107 cm³/mol. The number of rotatable bonds is 6. The molecule has 0 atom stereocenters. The Hall–Kier alpha value is -2.49. The maximum absolute atomic E-state index is 14.4. The lowest BCUT2D eigenvalue weighted by Gasteiger charge is -2.27. The van der Waals surface area contributed by atoms with Crippen molar-refractivity contribution in [3.05, 3.63) is 83.2 Å². The summed E-state index contributed by atoms with van der Waals surface area (Å²) < 4.78 is 47.5. The molecule has 2 aromatic carbocycles. The summed E-state index contributed by atoms with van der Waals surface area (Å²) >= 11 is 0. The van der Waals surface area contributed by atoms with Crippen LogP contribution >= 0.6 is 0 Å². The van der Waals surface area contributed by atoms with Gasteiger partial charge in [-0.2, -0.15) is 0 Å². The molecule has 0 aliphatic heterocycles. The van der Waals surface area contributed by atoms with E-state index >= 15 is 0 Å². The predicted octanol–water partition coefficient (Wildman–Crippen LogP) is 6.96. The number of allylic oxidation sites excluding steroid dienone is 1. The minimum absolute atomic E-state index is 0.173. The van der Waals surface area contributed by atoms with Crippen LogP contribution in [0.5, 0.6) is 5.75 Å². The van der Waals surface area contributed by atoms with Crippen molar-refractivity contribution in [2.24, 2.45) is 5.92 Å². The first kappa shape index (κ1) is 20.2. The Bertz CT molecular complexity index is 864. The minimum atomic E-state index is -0.800. The Balaban J connectivity index is 1.60. The number of aryl methyl sites for hydroxylation is 1. The van der Waals surface area contributed by atoms with Gasteiger partial charge in [0.05, 0.1) is 0 Å². The number of halogens is 3. The second kappa shape index (κ2) is 9.13. The van der Waals surface area contributed by atoms with E-state index in [9.17, 15) is 13.2 Å². The summed E-state index contributed by atoms with van der Waals surface area (Å²) in [5, 5.41) is 0. The maximum atomic E-state index is 14.4. The summed E-state index contributed by atoms with van der Waals surface area (Å²) in [4.78, 5) is 0. The molecule has 148 valence electrons. The van der Waals surface area contributed by atoms with Crippen LogP contribution in [0.15, 0.2) is 49.1 Å². The van der Waals surface area contributed by atoms with Crippen molar-refractivity contribution in [3.8, 4) is 5.75 Å². The molecule has 1 nitrogen and oxygen atoms in total. The van der Waals surface area contributed by atoms with E-state index in [2.05, 4.69) is 6.58 Å². The summed E-state index contributed by atoms with van der Waals surface area (Å²) in [6, 6.07) is 8.21. The number of benzene rings is 2. The Morgan fingerprint density at radius 2 is 1.79 bits per heavy atom. The highest BCUT2D eigenvalue weighted by Gasteiger charge is 2.23. The summed E-state index contributed by atoms with van der Waals surface area (Å²) in [6.07, 6.45) is 8.75. The van der Waals surface area contributed by atoms with E-state index in [1.54, 1.807) is 43.3 Å². The van der Waals surface area contributed by atoms with Gasteiger partial charge in [0.25, 0.3) is 0 Å². The van der Waals surface area contributed by atoms with Crippen molar-refractivity contribution >= 4 is 6.08 Å². The molecular weight excluding hydrogens is 361 g/mol. The van der Waals surface area contributed by atoms with Gasteiger partial charge in [0.2, 0.25) is 0 Å². The molecule has 0 radical (unpaired) electrons. The average Bonchev–Trinajstić information content (AvgIpc) is 2.70. The van der Waals surface area contributed by atoms with Gasteiger partial charge in [0, 0.05) is 11.6 Å². The van der Waals surface area contributed by atoms with Crippen LogP contribution < -0.4 is 4.74 Å². The molecule has 0 N–H and O–H groups in total. The van der Waals surface area contributed by atoms with Gasteiger partial charge in [-0.1, -0.05) is 43.0 Å². The third-order valence-corrected chi connectivity index (χ3v) is 5.40. The lowest BCUT2D eigenvalue weighted by molar-refractivity contribution is 0.354. The zero-order valence-electron chi connectivity index (χ0n) is 16.1. The molecule has 1 aliphatic rings. The molecule has 0 aromatic heterocycles. The van der Waals surface area contributed by atoms with Crippen LogP contribution in [-0.4, -0.2) is 6.61 Å². The molecule has 1 saturated carbocycles. The maximum Gasteiger partial charge on any atom is 0.166 e. The van der Waals surface area contributed by atoms with Gasteiger partial charge >= 0.3 is 0 Å². The number of hydrogen-bond acceptors (Lipinski definition) is 1. The molecule has 0 spiro atoms. The quantitative estimate of drug-likeness (QED) is 0.487. The third kappa shape index (κ3) is 4.67. The molecule has 3 rings (SSSR count). The smallest absolute Gasteiger partial charge is 0.166 e. The summed E-state index contributed by atoms with van der Waals surface area (Å²) in [5.41, 5.74) is 1.30. The zero-order chi connectivity index (χ0) is 20.1. The topological polar surface area (TPSA) is 9.23 Å². The molecule has 1 fully saturated rings. The molecule has 0 bridgehead atoms. The molecule has 4 heteroatoms. The van der Waals surface area contributed by atoms with Crippen molar-refractivity contribution in [3.63, 3.8) is 0 Å². The van der Waals surface area contributed by atoms with Gasteiger partial charge in [0.1, 0.15) is 18.2 Å². The summed E-state index contributed by atoms with van der Waals surface area (Å²) in [6.45, 7) is 5.47. The first-order valence-corrected chi connectivity index (χ1v) is 9.65. The van der Waals surface area contributed by atoms with E-state index in [0.29, 0.717) is 23.8 Å². The largest absolute Gasteiger partial charge is 0.489 e. The van der Waals surface area contributed by atoms with E-state index in [0.717, 1.165) is 31.2 Å². The van der Waals surface area contributed by atoms with Crippen molar-refractivity contribution in [1.29, 1.82) is 0 Å². The van der Waals surface area contributed by atoms with Gasteiger partial charge in [0.15, 0.2) is 11.6 Å². The molecule has 2 aromatic rings. The lowest BCUT2D eigenvalue weighted by Crippen LogP contribution is -2.13.